The molecule has 0 aromatic carbocycles. The van der Waals surface area contributed by atoms with Gasteiger partial charge in [-0.3, -0.25) is 4.79 Å². The van der Waals surface area contributed by atoms with Gasteiger partial charge in [-0.1, -0.05) is 18.1 Å². The maximum absolute atomic E-state index is 12.3. The fraction of sp³-hybridized carbons (Fsp3) is 0.842. The Labute approximate surface area is 135 Å². The van der Waals surface area contributed by atoms with Crippen molar-refractivity contribution in [3.63, 3.8) is 0 Å². The lowest BCUT2D eigenvalue weighted by Crippen LogP contribution is -2.50. The van der Waals surface area contributed by atoms with E-state index < -0.39 is 0 Å². The number of allylic oxidation sites excluding steroid dienone is 1. The molecule has 3 rings (SSSR count). The van der Waals surface area contributed by atoms with E-state index in [1.807, 2.05) is 0 Å². The van der Waals surface area contributed by atoms with Crippen LogP contribution in [0.1, 0.15) is 71.1 Å². The van der Waals surface area contributed by atoms with Crippen LogP contribution in [0.5, 0.6) is 0 Å². The number of hydrogen-bond acceptors (Lipinski definition) is 2. The Bertz CT molecular complexity index is 414. The largest absolute Gasteiger partial charge is 0.353 e. The van der Waals surface area contributed by atoms with Crippen LogP contribution in [0.3, 0.4) is 0 Å². The van der Waals surface area contributed by atoms with E-state index in [4.69, 9.17) is 0 Å². The summed E-state index contributed by atoms with van der Waals surface area (Å²) in [6, 6.07) is 1.16. The zero-order chi connectivity index (χ0) is 15.4. The van der Waals surface area contributed by atoms with E-state index in [1.165, 1.54) is 63.6 Å². The Morgan fingerprint density at radius 2 is 2.14 bits per heavy atom. The second-order valence-corrected chi connectivity index (χ2v) is 7.62. The van der Waals surface area contributed by atoms with Crippen LogP contribution in [-0.4, -0.2) is 36.0 Å². The van der Waals surface area contributed by atoms with Crippen LogP contribution < -0.4 is 5.32 Å². The van der Waals surface area contributed by atoms with Crippen LogP contribution in [0.25, 0.3) is 0 Å². The molecule has 1 heterocycles. The molecule has 1 aliphatic heterocycles. The maximum Gasteiger partial charge on any atom is 0.224 e. The Morgan fingerprint density at radius 1 is 1.27 bits per heavy atom. The van der Waals surface area contributed by atoms with E-state index >= 15 is 0 Å². The molecule has 2 aliphatic carbocycles. The summed E-state index contributed by atoms with van der Waals surface area (Å²) in [6.45, 7) is 4.67. The third-order valence-electron chi connectivity index (χ3n) is 5.95. The number of nitrogens with zero attached hydrogens (tertiary/aromatic N) is 1. The molecule has 3 nitrogen and oxygen atoms in total. The Morgan fingerprint density at radius 3 is 2.82 bits per heavy atom. The van der Waals surface area contributed by atoms with Crippen molar-refractivity contribution in [2.24, 2.45) is 5.92 Å². The van der Waals surface area contributed by atoms with Gasteiger partial charge in [0.15, 0.2) is 0 Å². The lowest BCUT2D eigenvalue weighted by Gasteiger charge is -2.43. The van der Waals surface area contributed by atoms with Gasteiger partial charge in [0.25, 0.3) is 0 Å². The fourth-order valence-corrected chi connectivity index (χ4v) is 4.23. The minimum Gasteiger partial charge on any atom is -0.353 e. The number of nitrogens with one attached hydrogen (secondary N) is 1. The smallest absolute Gasteiger partial charge is 0.224 e. The zero-order valence-electron chi connectivity index (χ0n) is 14.2. The SMILES string of the molecule is C[C@@H](NC(=O)CC1=CCCCC1)[C@H]1CCCN(C2CCC2)C1. The number of carbonyl (C=O) groups excluding carboxylic acids is 1. The van der Waals surface area contributed by atoms with Gasteiger partial charge in [-0.2, -0.15) is 0 Å². The second-order valence-electron chi connectivity index (χ2n) is 7.62. The van der Waals surface area contributed by atoms with Crippen LogP contribution in [0, 0.1) is 5.92 Å². The standard InChI is InChI=1S/C19H32N2O/c1-15(20-19(22)13-16-7-3-2-4-8-16)17-9-6-12-21(14-17)18-10-5-11-18/h7,15,17-18H,2-6,8-14H2,1H3,(H,20,22)/t15-,17+/m1/s1. The first-order valence-electron chi connectivity index (χ1n) is 9.43. The number of piperidine rings is 1. The molecule has 2 fully saturated rings. The average Bonchev–Trinajstić information content (AvgIpc) is 2.46. The molecule has 1 amide bonds. The summed E-state index contributed by atoms with van der Waals surface area (Å²) < 4.78 is 0. The van der Waals surface area contributed by atoms with Gasteiger partial charge < -0.3 is 10.2 Å². The van der Waals surface area contributed by atoms with E-state index in [0.29, 0.717) is 18.4 Å². The Balaban J connectivity index is 1.44. The average molecular weight is 304 g/mol. The van der Waals surface area contributed by atoms with Gasteiger partial charge in [0.1, 0.15) is 0 Å². The summed E-state index contributed by atoms with van der Waals surface area (Å²) in [5.41, 5.74) is 1.36. The van der Waals surface area contributed by atoms with Gasteiger partial charge in [0.05, 0.1) is 0 Å². The first kappa shape index (κ1) is 16.0. The minimum absolute atomic E-state index is 0.237. The van der Waals surface area contributed by atoms with Gasteiger partial charge in [-0.15, -0.1) is 0 Å². The molecule has 0 bridgehead atoms. The highest BCUT2D eigenvalue weighted by atomic mass is 16.1. The van der Waals surface area contributed by atoms with Gasteiger partial charge >= 0.3 is 0 Å². The van der Waals surface area contributed by atoms with Crippen molar-refractivity contribution in [2.75, 3.05) is 13.1 Å². The molecule has 0 aromatic rings. The normalized spacial score (nSPS) is 28.6. The monoisotopic (exact) mass is 304 g/mol. The molecule has 1 N–H and O–H groups in total. The molecule has 1 saturated carbocycles. The van der Waals surface area contributed by atoms with Crippen molar-refractivity contribution in [3.05, 3.63) is 11.6 Å². The molecule has 3 heteroatoms. The van der Waals surface area contributed by atoms with Crippen molar-refractivity contribution in [2.45, 2.75) is 83.2 Å². The van der Waals surface area contributed by atoms with Crippen LogP contribution in [-0.2, 0) is 4.79 Å². The molecule has 1 saturated heterocycles. The summed E-state index contributed by atoms with van der Waals surface area (Å²) in [6.07, 6.45) is 14.5. The molecule has 2 atom stereocenters. The van der Waals surface area contributed by atoms with Gasteiger partial charge in [-0.25, -0.2) is 0 Å². The van der Waals surface area contributed by atoms with Crippen LogP contribution in [0.4, 0.5) is 0 Å². The zero-order valence-corrected chi connectivity index (χ0v) is 14.2. The topological polar surface area (TPSA) is 32.3 Å². The number of rotatable bonds is 5. The lowest BCUT2D eigenvalue weighted by molar-refractivity contribution is -0.121. The van der Waals surface area contributed by atoms with Crippen LogP contribution in [0.15, 0.2) is 11.6 Å². The third-order valence-corrected chi connectivity index (χ3v) is 5.95. The van der Waals surface area contributed by atoms with Gasteiger partial charge in [0.2, 0.25) is 5.91 Å². The molecule has 0 radical (unpaired) electrons. The van der Waals surface area contributed by atoms with Crippen molar-refractivity contribution in [3.8, 4) is 0 Å². The molecule has 3 aliphatic rings. The molecule has 0 aromatic heterocycles. The summed E-state index contributed by atoms with van der Waals surface area (Å²) in [5.74, 6) is 0.875. The van der Waals surface area contributed by atoms with E-state index in [-0.39, 0.29) is 5.91 Å². The highest BCUT2D eigenvalue weighted by molar-refractivity contribution is 5.78. The van der Waals surface area contributed by atoms with Crippen molar-refractivity contribution < 1.29 is 4.79 Å². The van der Waals surface area contributed by atoms with Crippen LogP contribution >= 0.6 is 0 Å². The van der Waals surface area contributed by atoms with Crippen molar-refractivity contribution in [1.82, 2.24) is 10.2 Å². The van der Waals surface area contributed by atoms with Gasteiger partial charge in [0, 0.05) is 25.0 Å². The summed E-state index contributed by atoms with van der Waals surface area (Å²) in [4.78, 5) is 15.0. The highest BCUT2D eigenvalue weighted by Crippen LogP contribution is 2.30. The second kappa shape index (κ2) is 7.63. The van der Waals surface area contributed by atoms with E-state index in [0.717, 1.165) is 18.9 Å². The van der Waals surface area contributed by atoms with Crippen molar-refractivity contribution in [1.29, 1.82) is 0 Å². The Kier molecular flexibility index (Phi) is 5.56. The predicted molar refractivity (Wildman–Crippen MR) is 90.7 cm³/mol. The third kappa shape index (κ3) is 4.13. The fourth-order valence-electron chi connectivity index (χ4n) is 4.23. The predicted octanol–water partition coefficient (Wildman–Crippen LogP) is 3.65. The summed E-state index contributed by atoms with van der Waals surface area (Å²) >= 11 is 0. The molecule has 0 spiro atoms. The highest BCUT2D eigenvalue weighted by Gasteiger charge is 2.31. The van der Waals surface area contributed by atoms with Crippen LogP contribution in [0.2, 0.25) is 0 Å². The van der Waals surface area contributed by atoms with E-state index in [2.05, 4.69) is 23.2 Å². The summed E-state index contributed by atoms with van der Waals surface area (Å²) in [7, 11) is 0. The van der Waals surface area contributed by atoms with E-state index in [1.54, 1.807) is 0 Å². The first-order valence-corrected chi connectivity index (χ1v) is 9.43. The molecule has 0 unspecified atom stereocenters. The number of hydrogen-bond donors (Lipinski definition) is 1. The van der Waals surface area contributed by atoms with E-state index in [9.17, 15) is 4.79 Å². The molecular formula is C19H32N2O. The molecular weight excluding hydrogens is 272 g/mol. The van der Waals surface area contributed by atoms with Gasteiger partial charge in [-0.05, 0) is 70.8 Å². The Hall–Kier alpha value is -0.830. The first-order chi connectivity index (χ1) is 10.7. The van der Waals surface area contributed by atoms with Crippen molar-refractivity contribution >= 4 is 5.91 Å². The number of carbonyl (C=O) groups is 1. The summed E-state index contributed by atoms with van der Waals surface area (Å²) in [5, 5.41) is 3.29. The minimum atomic E-state index is 0.237. The lowest BCUT2D eigenvalue weighted by atomic mass is 9.85. The molecule has 124 valence electrons. The quantitative estimate of drug-likeness (QED) is 0.786. The molecule has 22 heavy (non-hydrogen) atoms. The maximum atomic E-state index is 12.3. The number of amides is 1. The number of likely N-dealkylation sites (tertiary alicyclic amines) is 1.